The number of hydrogen-bond donors (Lipinski definition) is 2. The van der Waals surface area contributed by atoms with Crippen molar-refractivity contribution in [3.63, 3.8) is 0 Å². The number of alkyl halides is 3. The van der Waals surface area contributed by atoms with E-state index in [1.807, 2.05) is 0 Å². The first-order valence-corrected chi connectivity index (χ1v) is 8.15. The number of aromatic nitrogens is 3. The number of halogens is 4. The van der Waals surface area contributed by atoms with E-state index in [0.29, 0.717) is 22.8 Å². The van der Waals surface area contributed by atoms with Crippen molar-refractivity contribution in [2.45, 2.75) is 19.1 Å². The number of pyridine rings is 1. The normalized spacial score (nSPS) is 13.0. The molecule has 0 amide bonds. The van der Waals surface area contributed by atoms with Crippen LogP contribution in [-0.4, -0.2) is 25.8 Å². The van der Waals surface area contributed by atoms with Crippen molar-refractivity contribution in [2.24, 2.45) is 7.05 Å². The number of anilines is 1. The van der Waals surface area contributed by atoms with Gasteiger partial charge >= 0.3 is 12.1 Å². The van der Waals surface area contributed by atoms with Crippen LogP contribution < -0.4 is 5.32 Å². The lowest BCUT2D eigenvalue weighted by atomic mass is 10.1. The third-order valence-corrected chi connectivity index (χ3v) is 4.35. The van der Waals surface area contributed by atoms with E-state index in [1.165, 1.54) is 16.8 Å². The summed E-state index contributed by atoms with van der Waals surface area (Å²) < 4.78 is 39.7. The number of benzene rings is 1. The molecule has 2 N–H and O–H groups in total. The molecule has 6 nitrogen and oxygen atoms in total. The zero-order valence-electron chi connectivity index (χ0n) is 14.2. The minimum absolute atomic E-state index is 0.0955. The van der Waals surface area contributed by atoms with Gasteiger partial charge in [0.25, 0.3) is 0 Å². The molecule has 3 aromatic rings. The maximum Gasteiger partial charge on any atom is 0.417 e. The maximum atomic E-state index is 12.7. The highest BCUT2D eigenvalue weighted by atomic mass is 35.5. The second-order valence-electron chi connectivity index (χ2n) is 5.96. The van der Waals surface area contributed by atoms with Crippen LogP contribution in [0.25, 0.3) is 10.9 Å². The Hall–Kier alpha value is -2.81. The molecule has 3 rings (SSSR count). The molecule has 2 heterocycles. The topological polar surface area (TPSA) is 80.0 Å². The van der Waals surface area contributed by atoms with E-state index in [2.05, 4.69) is 15.4 Å². The van der Waals surface area contributed by atoms with E-state index >= 15 is 0 Å². The lowest BCUT2D eigenvalue weighted by Crippen LogP contribution is -2.11. The summed E-state index contributed by atoms with van der Waals surface area (Å²) in [4.78, 5) is 14.9. The van der Waals surface area contributed by atoms with Crippen molar-refractivity contribution in [1.29, 1.82) is 0 Å². The number of nitrogens with one attached hydrogen (secondary N) is 1. The standard InChI is InChI=1S/C17H14ClF3N4O2/c1-8(23-15-12(18)6-10(7-22-15)17(19,20)21)14-11-4-3-9(16(26)27)5-13(11)25(2)24-14/h3-8H,1-2H3,(H,22,23)(H,26,27). The summed E-state index contributed by atoms with van der Waals surface area (Å²) in [6.45, 7) is 1.75. The first-order valence-electron chi connectivity index (χ1n) is 7.77. The largest absolute Gasteiger partial charge is 0.478 e. The average molecular weight is 399 g/mol. The number of fused-ring (bicyclic) bond motifs is 1. The quantitative estimate of drug-likeness (QED) is 0.675. The van der Waals surface area contributed by atoms with E-state index in [-0.39, 0.29) is 16.4 Å². The molecular formula is C17H14ClF3N4O2. The van der Waals surface area contributed by atoms with Crippen LogP contribution in [0.1, 0.15) is 34.6 Å². The Morgan fingerprint density at radius 3 is 2.63 bits per heavy atom. The van der Waals surface area contributed by atoms with Crippen LogP contribution in [0.3, 0.4) is 0 Å². The fourth-order valence-corrected chi connectivity index (χ4v) is 2.93. The summed E-state index contributed by atoms with van der Waals surface area (Å²) in [5, 5.41) is 17.0. The number of carbonyl (C=O) groups is 1. The van der Waals surface area contributed by atoms with Crippen molar-refractivity contribution in [3.8, 4) is 0 Å². The lowest BCUT2D eigenvalue weighted by molar-refractivity contribution is -0.137. The molecule has 1 aromatic carbocycles. The van der Waals surface area contributed by atoms with Gasteiger partial charge < -0.3 is 10.4 Å². The third-order valence-electron chi connectivity index (χ3n) is 4.06. The Bertz CT molecular complexity index is 1030. The summed E-state index contributed by atoms with van der Waals surface area (Å²) in [5.74, 6) is -0.954. The lowest BCUT2D eigenvalue weighted by Gasteiger charge is -2.15. The van der Waals surface area contributed by atoms with Crippen molar-refractivity contribution in [1.82, 2.24) is 14.8 Å². The van der Waals surface area contributed by atoms with Crippen LogP contribution in [0.2, 0.25) is 5.02 Å². The number of hydrogen-bond acceptors (Lipinski definition) is 4. The molecule has 1 unspecified atom stereocenters. The SMILES string of the molecule is CC(Nc1ncc(C(F)(F)F)cc1Cl)c1nn(C)c2cc(C(=O)O)ccc12. The Labute approximate surface area is 156 Å². The Kier molecular flexibility index (Phi) is 4.73. The first kappa shape index (κ1) is 19.0. The monoisotopic (exact) mass is 398 g/mol. The van der Waals surface area contributed by atoms with Gasteiger partial charge in [-0.05, 0) is 31.2 Å². The molecule has 0 radical (unpaired) electrons. The molecule has 0 saturated heterocycles. The molecule has 10 heteroatoms. The Balaban J connectivity index is 1.93. The highest BCUT2D eigenvalue weighted by Gasteiger charge is 2.31. The summed E-state index contributed by atoms with van der Waals surface area (Å²) in [5.41, 5.74) is 0.396. The van der Waals surface area contributed by atoms with Crippen LogP contribution >= 0.6 is 11.6 Å². The molecule has 27 heavy (non-hydrogen) atoms. The molecule has 2 aromatic heterocycles. The molecule has 0 saturated carbocycles. The minimum Gasteiger partial charge on any atom is -0.478 e. The molecule has 0 aliphatic heterocycles. The van der Waals surface area contributed by atoms with Gasteiger partial charge in [-0.3, -0.25) is 4.68 Å². The van der Waals surface area contributed by atoms with Crippen LogP contribution in [0.15, 0.2) is 30.5 Å². The summed E-state index contributed by atoms with van der Waals surface area (Å²) in [7, 11) is 1.67. The molecule has 1 atom stereocenters. The fraction of sp³-hybridized carbons (Fsp3) is 0.235. The van der Waals surface area contributed by atoms with Crippen LogP contribution in [-0.2, 0) is 13.2 Å². The Morgan fingerprint density at radius 2 is 2.04 bits per heavy atom. The summed E-state index contributed by atoms with van der Waals surface area (Å²) >= 11 is 5.93. The van der Waals surface area contributed by atoms with E-state index in [0.717, 1.165) is 6.07 Å². The number of aryl methyl sites for hydroxylation is 1. The van der Waals surface area contributed by atoms with Gasteiger partial charge in [0.1, 0.15) is 5.82 Å². The highest BCUT2D eigenvalue weighted by molar-refractivity contribution is 6.33. The maximum absolute atomic E-state index is 12.7. The second kappa shape index (κ2) is 6.73. The van der Waals surface area contributed by atoms with Gasteiger partial charge in [0.2, 0.25) is 0 Å². The zero-order valence-corrected chi connectivity index (χ0v) is 14.9. The van der Waals surface area contributed by atoms with Crippen molar-refractivity contribution >= 4 is 34.3 Å². The van der Waals surface area contributed by atoms with Gasteiger partial charge in [-0.2, -0.15) is 18.3 Å². The van der Waals surface area contributed by atoms with Gasteiger partial charge in [0.15, 0.2) is 0 Å². The van der Waals surface area contributed by atoms with Crippen molar-refractivity contribution < 1.29 is 23.1 Å². The van der Waals surface area contributed by atoms with E-state index in [1.54, 1.807) is 20.0 Å². The number of aromatic carboxylic acids is 1. The average Bonchev–Trinajstić information content (AvgIpc) is 2.92. The van der Waals surface area contributed by atoms with Gasteiger partial charge in [0, 0.05) is 18.6 Å². The fourth-order valence-electron chi connectivity index (χ4n) is 2.71. The van der Waals surface area contributed by atoms with E-state index in [9.17, 15) is 18.0 Å². The Morgan fingerprint density at radius 1 is 1.33 bits per heavy atom. The van der Waals surface area contributed by atoms with Crippen molar-refractivity contribution in [3.05, 3.63) is 52.3 Å². The molecule has 0 aliphatic carbocycles. The van der Waals surface area contributed by atoms with Crippen molar-refractivity contribution in [2.75, 3.05) is 5.32 Å². The van der Waals surface area contributed by atoms with Crippen LogP contribution in [0.5, 0.6) is 0 Å². The van der Waals surface area contributed by atoms with E-state index < -0.39 is 23.8 Å². The molecule has 0 aliphatic rings. The van der Waals surface area contributed by atoms with Gasteiger partial charge in [-0.25, -0.2) is 9.78 Å². The minimum atomic E-state index is -4.53. The molecule has 142 valence electrons. The predicted octanol–water partition coefficient (Wildman–Crippen LogP) is 4.51. The molecule has 0 fully saturated rings. The zero-order chi connectivity index (χ0) is 19.9. The predicted molar refractivity (Wildman–Crippen MR) is 94.0 cm³/mol. The number of carboxylic acid groups (broad SMARTS) is 1. The van der Waals surface area contributed by atoms with Gasteiger partial charge in [0.05, 0.1) is 33.4 Å². The highest BCUT2D eigenvalue weighted by Crippen LogP contribution is 2.34. The summed E-state index contributed by atoms with van der Waals surface area (Å²) in [6.07, 6.45) is -3.82. The van der Waals surface area contributed by atoms with E-state index in [4.69, 9.17) is 16.7 Å². The van der Waals surface area contributed by atoms with Crippen LogP contribution in [0.4, 0.5) is 19.0 Å². The third kappa shape index (κ3) is 3.68. The second-order valence-corrected chi connectivity index (χ2v) is 6.37. The smallest absolute Gasteiger partial charge is 0.417 e. The first-order chi connectivity index (χ1) is 12.6. The van der Waals surface area contributed by atoms with Gasteiger partial charge in [-0.15, -0.1) is 0 Å². The number of nitrogens with zero attached hydrogens (tertiary/aromatic N) is 3. The molecular weight excluding hydrogens is 385 g/mol. The molecule has 0 spiro atoms. The van der Waals surface area contributed by atoms with Gasteiger partial charge in [-0.1, -0.05) is 11.6 Å². The summed E-state index contributed by atoms with van der Waals surface area (Å²) in [6, 6.07) is 4.97. The van der Waals surface area contributed by atoms with Crippen LogP contribution in [0, 0.1) is 0 Å². The number of carboxylic acids is 1. The molecule has 0 bridgehead atoms. The number of rotatable bonds is 4.